The van der Waals surface area contributed by atoms with Crippen molar-refractivity contribution < 1.29 is 9.47 Å². The van der Waals surface area contributed by atoms with Crippen molar-refractivity contribution in [2.45, 2.75) is 25.1 Å². The first-order valence-electron chi connectivity index (χ1n) is 6.86. The lowest BCUT2D eigenvalue weighted by Gasteiger charge is -2.33. The summed E-state index contributed by atoms with van der Waals surface area (Å²) in [6.07, 6.45) is -0.193. The lowest BCUT2D eigenvalue weighted by molar-refractivity contribution is -0.0900. The molecule has 0 aromatic heterocycles. The van der Waals surface area contributed by atoms with Crippen LogP contribution in [0.25, 0.3) is 0 Å². The molecule has 3 unspecified atom stereocenters. The highest BCUT2D eigenvalue weighted by atomic mass is 35.5. The smallest absolute Gasteiger partial charge is 0.122 e. The monoisotopic (exact) mass is 329 g/mol. The van der Waals surface area contributed by atoms with Gasteiger partial charge >= 0.3 is 0 Å². The summed E-state index contributed by atoms with van der Waals surface area (Å²) in [5, 5.41) is 4.34. The van der Waals surface area contributed by atoms with Gasteiger partial charge in [0.15, 0.2) is 0 Å². The Labute approximate surface area is 133 Å². The van der Waals surface area contributed by atoms with E-state index in [2.05, 4.69) is 10.3 Å². The van der Waals surface area contributed by atoms with Crippen molar-refractivity contribution in [1.82, 2.24) is 5.32 Å². The number of ether oxygens (including phenoxy) is 2. The highest BCUT2D eigenvalue weighted by Gasteiger charge is 2.31. The van der Waals surface area contributed by atoms with E-state index in [9.17, 15) is 0 Å². The van der Waals surface area contributed by atoms with Crippen LogP contribution in [-0.2, 0) is 9.47 Å². The first kappa shape index (κ1) is 15.1. The number of nitrogens with one attached hydrogen (secondary N) is 1. The number of aliphatic imine (C=N–C) groups is 1. The fourth-order valence-electron chi connectivity index (χ4n) is 2.58. The van der Waals surface area contributed by atoms with E-state index < -0.39 is 0 Å². The summed E-state index contributed by atoms with van der Waals surface area (Å²) in [5.74, 6) is 0.684. The fraction of sp³-hybridized carbons (Fsp3) is 0.500. The number of nitrogens with zero attached hydrogens (tertiary/aromatic N) is 1. The third kappa shape index (κ3) is 2.89. The Morgan fingerprint density at radius 3 is 2.90 bits per heavy atom. The molecule has 7 heteroatoms. The summed E-state index contributed by atoms with van der Waals surface area (Å²) >= 11 is 12.3. The van der Waals surface area contributed by atoms with Crippen molar-refractivity contribution in [3.8, 4) is 0 Å². The van der Waals surface area contributed by atoms with Gasteiger partial charge in [-0.15, -0.1) is 0 Å². The number of benzene rings is 1. The van der Waals surface area contributed by atoms with Crippen LogP contribution in [0.1, 0.15) is 18.5 Å². The number of nitrogens with two attached hydrogens (primary N) is 1. The van der Waals surface area contributed by atoms with Gasteiger partial charge in [0.05, 0.1) is 47.6 Å². The zero-order valence-electron chi connectivity index (χ0n) is 11.6. The minimum Gasteiger partial charge on any atom is -0.376 e. The van der Waals surface area contributed by atoms with Crippen LogP contribution in [-0.4, -0.2) is 37.8 Å². The molecule has 2 aliphatic rings. The third-order valence-corrected chi connectivity index (χ3v) is 4.52. The summed E-state index contributed by atoms with van der Waals surface area (Å²) in [6, 6.07) is 3.21. The predicted molar refractivity (Wildman–Crippen MR) is 83.6 cm³/mol. The molecule has 5 nitrogen and oxygen atoms in total. The molecule has 1 saturated heterocycles. The zero-order valence-corrected chi connectivity index (χ0v) is 13.1. The summed E-state index contributed by atoms with van der Waals surface area (Å²) in [7, 11) is 0. The molecule has 21 heavy (non-hydrogen) atoms. The Bertz CT molecular complexity index is 574. The number of rotatable bonds is 2. The molecule has 0 radical (unpaired) electrons. The van der Waals surface area contributed by atoms with Crippen molar-refractivity contribution in [2.75, 3.05) is 19.8 Å². The van der Waals surface area contributed by atoms with E-state index >= 15 is 0 Å². The van der Waals surface area contributed by atoms with Gasteiger partial charge in [0.1, 0.15) is 11.9 Å². The summed E-state index contributed by atoms with van der Waals surface area (Å²) in [5.41, 5.74) is 7.93. The van der Waals surface area contributed by atoms with Crippen LogP contribution in [0.5, 0.6) is 0 Å². The van der Waals surface area contributed by atoms with Gasteiger partial charge in [0.25, 0.3) is 0 Å². The molecule has 2 heterocycles. The van der Waals surface area contributed by atoms with Crippen LogP contribution in [0.4, 0.5) is 5.69 Å². The molecule has 0 bridgehead atoms. The average Bonchev–Trinajstić information content (AvgIpc) is 2.50. The lowest BCUT2D eigenvalue weighted by Crippen LogP contribution is -2.53. The maximum atomic E-state index is 6.26. The maximum absolute atomic E-state index is 6.26. The van der Waals surface area contributed by atoms with Crippen molar-refractivity contribution in [2.24, 2.45) is 10.7 Å². The van der Waals surface area contributed by atoms with Crippen molar-refractivity contribution >= 4 is 34.7 Å². The van der Waals surface area contributed by atoms with E-state index in [1.54, 1.807) is 6.07 Å². The molecule has 2 aliphatic heterocycles. The van der Waals surface area contributed by atoms with E-state index in [1.807, 2.05) is 13.0 Å². The Morgan fingerprint density at radius 1 is 1.38 bits per heavy atom. The van der Waals surface area contributed by atoms with E-state index in [-0.39, 0.29) is 18.2 Å². The SMILES string of the molecule is CC1NC(C(N)C2COCCO2)=Nc2ccc(Cl)c(Cl)c21. The number of hydrogen-bond donors (Lipinski definition) is 2. The number of halogens is 2. The van der Waals surface area contributed by atoms with Crippen LogP contribution in [0.2, 0.25) is 10.0 Å². The van der Waals surface area contributed by atoms with Gasteiger partial charge < -0.3 is 20.5 Å². The molecule has 1 aromatic carbocycles. The quantitative estimate of drug-likeness (QED) is 0.874. The second-order valence-corrected chi connectivity index (χ2v) is 5.95. The van der Waals surface area contributed by atoms with Gasteiger partial charge in [-0.2, -0.15) is 0 Å². The molecule has 0 spiro atoms. The Balaban J connectivity index is 1.90. The van der Waals surface area contributed by atoms with Crippen molar-refractivity contribution in [3.05, 3.63) is 27.7 Å². The van der Waals surface area contributed by atoms with E-state index in [1.165, 1.54) is 0 Å². The van der Waals surface area contributed by atoms with Crippen LogP contribution < -0.4 is 11.1 Å². The first-order chi connectivity index (χ1) is 10.1. The van der Waals surface area contributed by atoms with E-state index in [0.717, 1.165) is 11.3 Å². The van der Waals surface area contributed by atoms with Crippen molar-refractivity contribution in [3.63, 3.8) is 0 Å². The number of amidine groups is 1. The van der Waals surface area contributed by atoms with E-state index in [4.69, 9.17) is 38.4 Å². The summed E-state index contributed by atoms with van der Waals surface area (Å²) in [4.78, 5) is 4.57. The minimum atomic E-state index is -0.365. The Hall–Kier alpha value is -0.850. The van der Waals surface area contributed by atoms with Crippen LogP contribution in [0.3, 0.4) is 0 Å². The zero-order chi connectivity index (χ0) is 15.0. The van der Waals surface area contributed by atoms with E-state index in [0.29, 0.717) is 35.7 Å². The lowest BCUT2D eigenvalue weighted by atomic mass is 10.0. The maximum Gasteiger partial charge on any atom is 0.122 e. The van der Waals surface area contributed by atoms with Gasteiger partial charge in [-0.25, -0.2) is 4.99 Å². The standard InChI is InChI=1S/C14H17Cl2N3O2/c1-7-11-9(3-2-8(15)12(11)16)19-14(18-7)13(17)10-6-20-4-5-21-10/h2-3,7,10,13H,4-6,17H2,1H3,(H,18,19). The van der Waals surface area contributed by atoms with Gasteiger partial charge in [-0.05, 0) is 19.1 Å². The fourth-order valence-corrected chi connectivity index (χ4v) is 3.07. The molecule has 0 saturated carbocycles. The molecular weight excluding hydrogens is 313 g/mol. The summed E-state index contributed by atoms with van der Waals surface area (Å²) < 4.78 is 11.0. The second-order valence-electron chi connectivity index (χ2n) is 5.17. The van der Waals surface area contributed by atoms with Crippen LogP contribution in [0.15, 0.2) is 17.1 Å². The van der Waals surface area contributed by atoms with Gasteiger partial charge in [0, 0.05) is 5.56 Å². The molecule has 3 N–H and O–H groups in total. The third-order valence-electron chi connectivity index (χ3n) is 3.71. The Kier molecular flexibility index (Phi) is 4.38. The normalized spacial score (nSPS) is 26.6. The molecule has 0 amide bonds. The summed E-state index contributed by atoms with van der Waals surface area (Å²) in [6.45, 7) is 3.64. The second kappa shape index (κ2) is 6.10. The highest BCUT2D eigenvalue weighted by molar-refractivity contribution is 6.42. The molecule has 3 rings (SSSR count). The molecule has 1 aromatic rings. The van der Waals surface area contributed by atoms with Crippen LogP contribution >= 0.6 is 23.2 Å². The van der Waals surface area contributed by atoms with Gasteiger partial charge in [-0.3, -0.25) is 0 Å². The largest absolute Gasteiger partial charge is 0.376 e. The van der Waals surface area contributed by atoms with Gasteiger partial charge in [-0.1, -0.05) is 23.2 Å². The molecule has 1 fully saturated rings. The first-order valence-corrected chi connectivity index (χ1v) is 7.61. The molecular formula is C14H17Cl2N3O2. The molecule has 0 aliphatic carbocycles. The minimum absolute atomic E-state index is 0.0192. The predicted octanol–water partition coefficient (Wildman–Crippen LogP) is 2.43. The number of fused-ring (bicyclic) bond motifs is 1. The average molecular weight is 330 g/mol. The van der Waals surface area contributed by atoms with Crippen LogP contribution in [0, 0.1) is 0 Å². The number of hydrogen-bond acceptors (Lipinski definition) is 5. The van der Waals surface area contributed by atoms with Crippen molar-refractivity contribution in [1.29, 1.82) is 0 Å². The topological polar surface area (TPSA) is 68.9 Å². The molecule has 114 valence electrons. The Morgan fingerprint density at radius 2 is 2.19 bits per heavy atom. The van der Waals surface area contributed by atoms with Gasteiger partial charge in [0.2, 0.25) is 0 Å². The highest BCUT2D eigenvalue weighted by Crippen LogP contribution is 2.39. The molecule has 3 atom stereocenters.